The van der Waals surface area contributed by atoms with Gasteiger partial charge in [0.2, 0.25) is 0 Å². The molecule has 0 bridgehead atoms. The molecule has 0 unspecified atom stereocenters. The Morgan fingerprint density at radius 3 is 2.75 bits per heavy atom. The Kier molecular flexibility index (Phi) is 3.42. The lowest BCUT2D eigenvalue weighted by Gasteiger charge is -2.06. The van der Waals surface area contributed by atoms with Crippen LogP contribution in [0, 0.1) is 5.92 Å². The third kappa shape index (κ3) is 2.52. The standard InChI is InChI=1S/C13H20N2O/c1-10(2)15-8-7-12(14-15)9-13(16)11-5-3-4-6-11/h7-8,10-11H,3-6,9H2,1-2H3. The molecule has 1 saturated carbocycles. The predicted molar refractivity (Wildman–Crippen MR) is 63.3 cm³/mol. The second-order valence-corrected chi connectivity index (χ2v) is 5.01. The highest BCUT2D eigenvalue weighted by Crippen LogP contribution is 2.26. The van der Waals surface area contributed by atoms with Gasteiger partial charge in [0.05, 0.1) is 12.1 Å². The van der Waals surface area contributed by atoms with Gasteiger partial charge in [-0.25, -0.2) is 0 Å². The van der Waals surface area contributed by atoms with E-state index in [0.29, 0.717) is 24.2 Å². The number of aromatic nitrogens is 2. The van der Waals surface area contributed by atoms with Crippen LogP contribution in [-0.2, 0) is 11.2 Å². The molecule has 0 radical (unpaired) electrons. The van der Waals surface area contributed by atoms with Crippen LogP contribution in [0.4, 0.5) is 0 Å². The van der Waals surface area contributed by atoms with Crippen LogP contribution in [0.15, 0.2) is 12.3 Å². The Morgan fingerprint density at radius 1 is 1.50 bits per heavy atom. The molecular formula is C13H20N2O. The van der Waals surface area contributed by atoms with Crippen molar-refractivity contribution in [1.29, 1.82) is 0 Å². The van der Waals surface area contributed by atoms with Crippen molar-refractivity contribution in [3.63, 3.8) is 0 Å². The van der Waals surface area contributed by atoms with Crippen molar-refractivity contribution in [2.45, 2.75) is 52.0 Å². The molecule has 1 aromatic rings. The van der Waals surface area contributed by atoms with Crippen molar-refractivity contribution in [3.05, 3.63) is 18.0 Å². The van der Waals surface area contributed by atoms with Crippen molar-refractivity contribution in [2.75, 3.05) is 0 Å². The normalized spacial score (nSPS) is 17.2. The molecule has 1 aliphatic carbocycles. The van der Waals surface area contributed by atoms with Crippen LogP contribution in [0.2, 0.25) is 0 Å². The van der Waals surface area contributed by atoms with Crippen LogP contribution in [0.3, 0.4) is 0 Å². The third-order valence-electron chi connectivity index (χ3n) is 3.36. The van der Waals surface area contributed by atoms with Crippen LogP contribution < -0.4 is 0 Å². The fourth-order valence-corrected chi connectivity index (χ4v) is 2.33. The highest BCUT2D eigenvalue weighted by Gasteiger charge is 2.23. The van der Waals surface area contributed by atoms with Gasteiger partial charge in [-0.3, -0.25) is 9.48 Å². The molecule has 1 aliphatic rings. The minimum Gasteiger partial charge on any atom is -0.299 e. The van der Waals surface area contributed by atoms with E-state index < -0.39 is 0 Å². The summed E-state index contributed by atoms with van der Waals surface area (Å²) in [4.78, 5) is 11.9. The van der Waals surface area contributed by atoms with E-state index in [1.807, 2.05) is 16.9 Å². The number of ketones is 1. The summed E-state index contributed by atoms with van der Waals surface area (Å²) in [6.45, 7) is 4.19. The first-order chi connectivity index (χ1) is 7.66. The molecular weight excluding hydrogens is 200 g/mol. The summed E-state index contributed by atoms with van der Waals surface area (Å²) in [6, 6.07) is 2.34. The van der Waals surface area contributed by atoms with E-state index in [0.717, 1.165) is 18.5 Å². The number of carbonyl (C=O) groups excluding carboxylic acids is 1. The van der Waals surface area contributed by atoms with E-state index in [1.165, 1.54) is 12.8 Å². The molecule has 0 saturated heterocycles. The number of hydrogen-bond acceptors (Lipinski definition) is 2. The Labute approximate surface area is 96.8 Å². The van der Waals surface area contributed by atoms with Crippen molar-refractivity contribution in [3.8, 4) is 0 Å². The topological polar surface area (TPSA) is 34.9 Å². The van der Waals surface area contributed by atoms with E-state index in [2.05, 4.69) is 18.9 Å². The largest absolute Gasteiger partial charge is 0.299 e. The fourth-order valence-electron chi connectivity index (χ4n) is 2.33. The van der Waals surface area contributed by atoms with Gasteiger partial charge in [0.1, 0.15) is 5.78 Å². The van der Waals surface area contributed by atoms with Crippen molar-refractivity contribution < 1.29 is 4.79 Å². The minimum absolute atomic E-state index is 0.309. The maximum absolute atomic E-state index is 11.9. The molecule has 0 amide bonds. The van der Waals surface area contributed by atoms with Gasteiger partial charge < -0.3 is 0 Å². The Hall–Kier alpha value is -1.12. The Bertz CT molecular complexity index is 362. The van der Waals surface area contributed by atoms with Gasteiger partial charge in [-0.05, 0) is 32.8 Å². The summed E-state index contributed by atoms with van der Waals surface area (Å²) in [6.07, 6.45) is 7.09. The molecule has 3 nitrogen and oxygen atoms in total. The summed E-state index contributed by atoms with van der Waals surface area (Å²) in [7, 11) is 0. The van der Waals surface area contributed by atoms with E-state index in [9.17, 15) is 4.79 Å². The molecule has 1 aromatic heterocycles. The molecule has 0 aliphatic heterocycles. The maximum Gasteiger partial charge on any atom is 0.141 e. The second-order valence-electron chi connectivity index (χ2n) is 5.01. The first-order valence-corrected chi connectivity index (χ1v) is 6.23. The van der Waals surface area contributed by atoms with Crippen LogP contribution >= 0.6 is 0 Å². The quantitative estimate of drug-likeness (QED) is 0.782. The monoisotopic (exact) mass is 220 g/mol. The van der Waals surface area contributed by atoms with E-state index in [4.69, 9.17) is 0 Å². The molecule has 88 valence electrons. The van der Waals surface area contributed by atoms with Gasteiger partial charge in [0.15, 0.2) is 0 Å². The smallest absolute Gasteiger partial charge is 0.141 e. The van der Waals surface area contributed by atoms with Gasteiger partial charge in [-0.2, -0.15) is 5.10 Å². The maximum atomic E-state index is 11.9. The molecule has 0 N–H and O–H groups in total. The van der Waals surface area contributed by atoms with Crippen molar-refractivity contribution >= 4 is 5.78 Å². The fraction of sp³-hybridized carbons (Fsp3) is 0.692. The Balaban J connectivity index is 1.95. The zero-order chi connectivity index (χ0) is 11.5. The molecule has 0 atom stereocenters. The first kappa shape index (κ1) is 11.4. The highest BCUT2D eigenvalue weighted by molar-refractivity contribution is 5.83. The zero-order valence-corrected chi connectivity index (χ0v) is 10.1. The number of hydrogen-bond donors (Lipinski definition) is 0. The zero-order valence-electron chi connectivity index (χ0n) is 10.1. The van der Waals surface area contributed by atoms with Gasteiger partial charge >= 0.3 is 0 Å². The Morgan fingerprint density at radius 2 is 2.19 bits per heavy atom. The molecule has 16 heavy (non-hydrogen) atoms. The van der Waals surface area contributed by atoms with Gasteiger partial charge in [0.25, 0.3) is 0 Å². The van der Waals surface area contributed by atoms with Crippen LogP contribution in [0.1, 0.15) is 51.3 Å². The molecule has 1 heterocycles. The lowest BCUT2D eigenvalue weighted by Crippen LogP contribution is -2.14. The summed E-state index contributed by atoms with van der Waals surface area (Å²) in [5, 5.41) is 4.42. The molecule has 3 heteroatoms. The number of nitrogens with zero attached hydrogens (tertiary/aromatic N) is 2. The molecule has 0 spiro atoms. The number of Topliss-reactive ketones (excluding diaryl/α,β-unsaturated/α-hetero) is 1. The van der Waals surface area contributed by atoms with Gasteiger partial charge in [0, 0.05) is 18.2 Å². The molecule has 2 rings (SSSR count). The van der Waals surface area contributed by atoms with Crippen LogP contribution in [0.25, 0.3) is 0 Å². The predicted octanol–water partition coefficient (Wildman–Crippen LogP) is 2.77. The van der Waals surface area contributed by atoms with Crippen molar-refractivity contribution in [1.82, 2.24) is 9.78 Å². The third-order valence-corrected chi connectivity index (χ3v) is 3.36. The summed E-state index contributed by atoms with van der Waals surface area (Å²) < 4.78 is 1.91. The average molecular weight is 220 g/mol. The summed E-state index contributed by atoms with van der Waals surface area (Å²) in [5.74, 6) is 0.690. The summed E-state index contributed by atoms with van der Waals surface area (Å²) in [5.41, 5.74) is 0.922. The number of rotatable bonds is 4. The van der Waals surface area contributed by atoms with Crippen molar-refractivity contribution in [2.24, 2.45) is 5.92 Å². The van der Waals surface area contributed by atoms with E-state index in [1.54, 1.807) is 0 Å². The average Bonchev–Trinajstić information content (AvgIpc) is 2.87. The lowest BCUT2D eigenvalue weighted by atomic mass is 9.99. The second kappa shape index (κ2) is 4.81. The van der Waals surface area contributed by atoms with Gasteiger partial charge in [-0.15, -0.1) is 0 Å². The summed E-state index contributed by atoms with van der Waals surface area (Å²) >= 11 is 0. The van der Waals surface area contributed by atoms with E-state index in [-0.39, 0.29) is 0 Å². The minimum atomic E-state index is 0.309. The lowest BCUT2D eigenvalue weighted by molar-refractivity contribution is -0.122. The van der Waals surface area contributed by atoms with Crippen LogP contribution in [-0.4, -0.2) is 15.6 Å². The van der Waals surface area contributed by atoms with Gasteiger partial charge in [-0.1, -0.05) is 12.8 Å². The van der Waals surface area contributed by atoms with E-state index >= 15 is 0 Å². The van der Waals surface area contributed by atoms with Crippen LogP contribution in [0.5, 0.6) is 0 Å². The molecule has 1 fully saturated rings. The molecule has 0 aromatic carbocycles. The number of carbonyl (C=O) groups is 1. The SMILES string of the molecule is CC(C)n1ccc(CC(=O)C2CCCC2)n1. The highest BCUT2D eigenvalue weighted by atomic mass is 16.1. The first-order valence-electron chi connectivity index (χ1n) is 6.23.